The molecule has 17 heavy (non-hydrogen) atoms. The molecule has 1 heterocycles. The molecule has 0 aromatic rings. The predicted molar refractivity (Wildman–Crippen MR) is 72.0 cm³/mol. The summed E-state index contributed by atoms with van der Waals surface area (Å²) < 4.78 is 6.12. The third-order valence-electron chi connectivity index (χ3n) is 3.57. The molecule has 0 aromatic heterocycles. The molecule has 0 unspecified atom stereocenters. The molecule has 2 atom stereocenters. The number of ether oxygens (including phenoxy) is 1. The van der Waals surface area contributed by atoms with E-state index in [1.807, 2.05) is 26.8 Å². The largest absolute Gasteiger partial charge is 0.388 e. The van der Waals surface area contributed by atoms with E-state index in [1.165, 1.54) is 5.57 Å². The van der Waals surface area contributed by atoms with Gasteiger partial charge in [-0.3, -0.25) is 0 Å². The molecule has 0 aromatic carbocycles. The summed E-state index contributed by atoms with van der Waals surface area (Å²) in [6, 6.07) is 0. The lowest BCUT2D eigenvalue weighted by Gasteiger charge is -2.37. The van der Waals surface area contributed by atoms with E-state index in [0.29, 0.717) is 0 Å². The molecule has 0 saturated heterocycles. The van der Waals surface area contributed by atoms with Crippen molar-refractivity contribution in [2.75, 3.05) is 0 Å². The molecule has 1 N–H and O–H groups in total. The standard InChI is InChI=1S/C15H26O2/c1-6-15(5)11-7-8-12(2)9-10-13(17-15)14(3,4)16/h6,8,13,16H,1,7,9-11H2,2-5H3/t13-,15+/m0/s1. The highest BCUT2D eigenvalue weighted by Gasteiger charge is 2.34. The molecule has 1 aliphatic rings. The van der Waals surface area contributed by atoms with Crippen LogP contribution in [0.15, 0.2) is 24.3 Å². The summed E-state index contributed by atoms with van der Waals surface area (Å²) in [5, 5.41) is 10.2. The lowest BCUT2D eigenvalue weighted by Crippen LogP contribution is -2.44. The fraction of sp³-hybridized carbons (Fsp3) is 0.733. The number of hydrogen-bond donors (Lipinski definition) is 1. The zero-order valence-electron chi connectivity index (χ0n) is 11.6. The summed E-state index contributed by atoms with van der Waals surface area (Å²) in [5.74, 6) is 0. The predicted octanol–water partition coefficient (Wildman–Crippen LogP) is 3.61. The van der Waals surface area contributed by atoms with Crippen molar-refractivity contribution >= 4 is 0 Å². The van der Waals surface area contributed by atoms with Crippen LogP contribution in [0.5, 0.6) is 0 Å². The van der Waals surface area contributed by atoms with Crippen molar-refractivity contribution in [2.24, 2.45) is 0 Å². The first-order chi connectivity index (χ1) is 7.77. The maximum atomic E-state index is 10.2. The average molecular weight is 238 g/mol. The van der Waals surface area contributed by atoms with Crippen LogP contribution in [0.3, 0.4) is 0 Å². The summed E-state index contributed by atoms with van der Waals surface area (Å²) in [7, 11) is 0. The van der Waals surface area contributed by atoms with Crippen LogP contribution in [0.1, 0.15) is 53.4 Å². The first-order valence-corrected chi connectivity index (χ1v) is 6.46. The Kier molecular flexibility index (Phi) is 4.56. The summed E-state index contributed by atoms with van der Waals surface area (Å²) in [6.45, 7) is 11.7. The van der Waals surface area contributed by atoms with Crippen molar-refractivity contribution in [2.45, 2.75) is 70.7 Å². The molecular weight excluding hydrogens is 212 g/mol. The molecule has 0 radical (unpaired) electrons. The molecule has 1 rings (SSSR count). The molecule has 0 aliphatic carbocycles. The Morgan fingerprint density at radius 1 is 1.59 bits per heavy atom. The fourth-order valence-corrected chi connectivity index (χ4v) is 2.16. The Labute approximate surface area is 105 Å². The van der Waals surface area contributed by atoms with Crippen LogP contribution in [0, 0.1) is 0 Å². The van der Waals surface area contributed by atoms with Gasteiger partial charge in [-0.25, -0.2) is 0 Å². The Bertz CT molecular complexity index is 299. The van der Waals surface area contributed by atoms with Crippen LogP contribution < -0.4 is 0 Å². The monoisotopic (exact) mass is 238 g/mol. The SMILES string of the molecule is C=C[C@]1(C)CCC=C(C)CC[C@@H](C(C)(C)O)O1. The maximum Gasteiger partial charge on any atom is 0.0871 e. The molecule has 0 bridgehead atoms. The lowest BCUT2D eigenvalue weighted by atomic mass is 9.94. The van der Waals surface area contributed by atoms with Gasteiger partial charge in [-0.2, -0.15) is 0 Å². The van der Waals surface area contributed by atoms with Gasteiger partial charge in [0.15, 0.2) is 0 Å². The Balaban J connectivity index is 2.91. The zero-order chi connectivity index (χ0) is 13.1. The highest BCUT2D eigenvalue weighted by molar-refractivity contribution is 5.04. The summed E-state index contributed by atoms with van der Waals surface area (Å²) in [6.07, 6.45) is 7.76. The second kappa shape index (κ2) is 5.36. The minimum atomic E-state index is -0.811. The highest BCUT2D eigenvalue weighted by Crippen LogP contribution is 2.30. The Hall–Kier alpha value is -0.600. The lowest BCUT2D eigenvalue weighted by molar-refractivity contribution is -0.144. The molecule has 1 aliphatic heterocycles. The van der Waals surface area contributed by atoms with Crippen LogP contribution >= 0.6 is 0 Å². The first kappa shape index (κ1) is 14.5. The van der Waals surface area contributed by atoms with E-state index < -0.39 is 5.60 Å². The second-order valence-electron chi connectivity index (χ2n) is 5.90. The van der Waals surface area contributed by atoms with Crippen LogP contribution in [-0.2, 0) is 4.74 Å². The van der Waals surface area contributed by atoms with E-state index in [2.05, 4.69) is 19.6 Å². The summed E-state index contributed by atoms with van der Waals surface area (Å²) in [4.78, 5) is 0. The number of hydrogen-bond acceptors (Lipinski definition) is 2. The topological polar surface area (TPSA) is 29.5 Å². The number of allylic oxidation sites excluding steroid dienone is 2. The molecule has 0 spiro atoms. The van der Waals surface area contributed by atoms with E-state index in [0.717, 1.165) is 25.7 Å². The van der Waals surface area contributed by atoms with Gasteiger partial charge in [0.2, 0.25) is 0 Å². The van der Waals surface area contributed by atoms with Crippen molar-refractivity contribution in [1.29, 1.82) is 0 Å². The van der Waals surface area contributed by atoms with Gasteiger partial charge < -0.3 is 9.84 Å². The number of rotatable bonds is 2. The van der Waals surface area contributed by atoms with Gasteiger partial charge in [0.1, 0.15) is 0 Å². The van der Waals surface area contributed by atoms with Gasteiger partial charge in [-0.15, -0.1) is 6.58 Å². The van der Waals surface area contributed by atoms with E-state index >= 15 is 0 Å². The second-order valence-corrected chi connectivity index (χ2v) is 5.90. The van der Waals surface area contributed by atoms with Crippen LogP contribution in [-0.4, -0.2) is 22.4 Å². The van der Waals surface area contributed by atoms with Crippen molar-refractivity contribution in [3.05, 3.63) is 24.3 Å². The van der Waals surface area contributed by atoms with Crippen LogP contribution in [0.25, 0.3) is 0 Å². The number of aliphatic hydroxyl groups is 1. The van der Waals surface area contributed by atoms with Crippen molar-refractivity contribution in [3.63, 3.8) is 0 Å². The molecule has 0 saturated carbocycles. The molecule has 2 heteroatoms. The third kappa shape index (κ3) is 4.29. The van der Waals surface area contributed by atoms with E-state index in [4.69, 9.17) is 4.74 Å². The van der Waals surface area contributed by atoms with Gasteiger partial charge in [-0.1, -0.05) is 17.7 Å². The molecule has 98 valence electrons. The van der Waals surface area contributed by atoms with E-state index in [1.54, 1.807) is 0 Å². The summed E-state index contributed by atoms with van der Waals surface area (Å²) >= 11 is 0. The van der Waals surface area contributed by atoms with Crippen molar-refractivity contribution < 1.29 is 9.84 Å². The Morgan fingerprint density at radius 3 is 2.76 bits per heavy atom. The smallest absolute Gasteiger partial charge is 0.0871 e. The highest BCUT2D eigenvalue weighted by atomic mass is 16.5. The maximum absolute atomic E-state index is 10.2. The van der Waals surface area contributed by atoms with Gasteiger partial charge in [0.25, 0.3) is 0 Å². The zero-order valence-corrected chi connectivity index (χ0v) is 11.6. The van der Waals surface area contributed by atoms with Crippen LogP contribution in [0.2, 0.25) is 0 Å². The molecular formula is C15H26O2. The average Bonchev–Trinajstić information content (AvgIpc) is 2.28. The summed E-state index contributed by atoms with van der Waals surface area (Å²) in [5.41, 5.74) is 0.233. The first-order valence-electron chi connectivity index (χ1n) is 6.46. The molecule has 0 amide bonds. The van der Waals surface area contributed by atoms with Crippen molar-refractivity contribution in [3.8, 4) is 0 Å². The van der Waals surface area contributed by atoms with Gasteiger partial charge in [0.05, 0.1) is 17.3 Å². The normalized spacial score (nSPS) is 32.1. The van der Waals surface area contributed by atoms with Crippen molar-refractivity contribution in [1.82, 2.24) is 0 Å². The molecule has 0 fully saturated rings. The quantitative estimate of drug-likeness (QED) is 0.745. The fourth-order valence-electron chi connectivity index (χ4n) is 2.16. The van der Waals surface area contributed by atoms with Gasteiger partial charge in [-0.05, 0) is 53.4 Å². The minimum absolute atomic E-state index is 0.146. The van der Waals surface area contributed by atoms with E-state index in [9.17, 15) is 5.11 Å². The minimum Gasteiger partial charge on any atom is -0.388 e. The Morgan fingerprint density at radius 2 is 2.24 bits per heavy atom. The third-order valence-corrected chi connectivity index (χ3v) is 3.57. The molecule has 2 nitrogen and oxygen atoms in total. The van der Waals surface area contributed by atoms with Gasteiger partial charge in [0, 0.05) is 0 Å². The van der Waals surface area contributed by atoms with E-state index in [-0.39, 0.29) is 11.7 Å². The van der Waals surface area contributed by atoms with Gasteiger partial charge >= 0.3 is 0 Å². The van der Waals surface area contributed by atoms with Crippen LogP contribution in [0.4, 0.5) is 0 Å².